The molecule has 0 saturated carbocycles. The molecule has 2 fully saturated rings. The smallest absolute Gasteiger partial charge is 0.0471 e. The van der Waals surface area contributed by atoms with Gasteiger partial charge in [-0.1, -0.05) is 27.7 Å². The Morgan fingerprint density at radius 1 is 1.32 bits per heavy atom. The van der Waals surface area contributed by atoms with Crippen LogP contribution in [0, 0.1) is 11.3 Å². The number of rotatable bonds is 4. The number of nitrogens with zero attached hydrogens (tertiary/aromatic N) is 1. The second-order valence-corrected chi connectivity index (χ2v) is 7.17. The van der Waals surface area contributed by atoms with Gasteiger partial charge in [-0.3, -0.25) is 4.90 Å². The van der Waals surface area contributed by atoms with E-state index in [0.717, 1.165) is 31.7 Å². The second kappa shape index (κ2) is 6.55. The van der Waals surface area contributed by atoms with Gasteiger partial charge >= 0.3 is 0 Å². The largest absolute Gasteiger partial charge is 0.381 e. The average molecular weight is 268 g/mol. The third kappa shape index (κ3) is 3.93. The van der Waals surface area contributed by atoms with Crippen LogP contribution in [0.4, 0.5) is 0 Å². The molecule has 2 rings (SSSR count). The molecule has 0 aromatic carbocycles. The zero-order chi connectivity index (χ0) is 13.9. The molecule has 0 spiro atoms. The molecule has 3 heteroatoms. The summed E-state index contributed by atoms with van der Waals surface area (Å²) >= 11 is 0. The number of hydrogen-bond donors (Lipinski definition) is 1. The Bertz CT molecular complexity index is 274. The summed E-state index contributed by atoms with van der Waals surface area (Å²) < 4.78 is 5.54. The van der Waals surface area contributed by atoms with E-state index in [1.807, 2.05) is 0 Å². The van der Waals surface area contributed by atoms with Crippen molar-refractivity contribution in [1.29, 1.82) is 0 Å². The highest BCUT2D eigenvalue weighted by atomic mass is 16.5. The molecule has 2 unspecified atom stereocenters. The van der Waals surface area contributed by atoms with E-state index in [1.165, 1.54) is 32.4 Å². The summed E-state index contributed by atoms with van der Waals surface area (Å²) in [7, 11) is 0. The lowest BCUT2D eigenvalue weighted by Gasteiger charge is -2.46. The van der Waals surface area contributed by atoms with Crippen LogP contribution >= 0.6 is 0 Å². The first-order valence-corrected chi connectivity index (χ1v) is 8.09. The molecular weight excluding hydrogens is 236 g/mol. The van der Waals surface area contributed by atoms with Crippen LogP contribution in [0.1, 0.15) is 47.0 Å². The summed E-state index contributed by atoms with van der Waals surface area (Å²) in [6, 6.07) is 1.38. The molecule has 2 heterocycles. The molecule has 3 nitrogen and oxygen atoms in total. The molecule has 2 atom stereocenters. The average Bonchev–Trinajstić information content (AvgIpc) is 2.39. The third-order valence-corrected chi connectivity index (χ3v) is 5.12. The molecule has 0 aromatic heterocycles. The fourth-order valence-corrected chi connectivity index (χ4v) is 3.44. The molecule has 112 valence electrons. The van der Waals surface area contributed by atoms with Crippen LogP contribution in [0.25, 0.3) is 0 Å². The van der Waals surface area contributed by atoms with Gasteiger partial charge in [0, 0.05) is 44.9 Å². The molecule has 2 saturated heterocycles. The third-order valence-electron chi connectivity index (χ3n) is 5.12. The first kappa shape index (κ1) is 15.3. The second-order valence-electron chi connectivity index (χ2n) is 7.17. The van der Waals surface area contributed by atoms with Gasteiger partial charge in [0.15, 0.2) is 0 Å². The molecule has 2 aliphatic rings. The van der Waals surface area contributed by atoms with Crippen molar-refractivity contribution in [1.82, 2.24) is 10.2 Å². The topological polar surface area (TPSA) is 24.5 Å². The summed E-state index contributed by atoms with van der Waals surface area (Å²) in [6.07, 6.45) is 3.70. The molecule has 2 aliphatic heterocycles. The van der Waals surface area contributed by atoms with Crippen molar-refractivity contribution in [2.75, 3.05) is 32.8 Å². The van der Waals surface area contributed by atoms with Gasteiger partial charge in [0.05, 0.1) is 0 Å². The zero-order valence-electron chi connectivity index (χ0n) is 13.2. The van der Waals surface area contributed by atoms with Crippen molar-refractivity contribution >= 4 is 0 Å². The van der Waals surface area contributed by atoms with Gasteiger partial charge in [-0.2, -0.15) is 0 Å². The van der Waals surface area contributed by atoms with E-state index in [0.29, 0.717) is 11.5 Å². The number of ether oxygens (including phenoxy) is 1. The number of piperazine rings is 1. The Kier molecular flexibility index (Phi) is 5.27. The lowest BCUT2D eigenvalue weighted by atomic mass is 9.81. The standard InChI is InChI=1S/C16H32N2O/c1-5-14-10-17-15(13(2)3)11-18(14)12-16(4)6-8-19-9-7-16/h13-15,17H,5-12H2,1-4H3. The highest BCUT2D eigenvalue weighted by Crippen LogP contribution is 2.32. The highest BCUT2D eigenvalue weighted by Gasteiger charge is 2.35. The van der Waals surface area contributed by atoms with Crippen molar-refractivity contribution in [3.8, 4) is 0 Å². The minimum absolute atomic E-state index is 0.463. The van der Waals surface area contributed by atoms with E-state index in [1.54, 1.807) is 0 Å². The summed E-state index contributed by atoms with van der Waals surface area (Å²) in [5, 5.41) is 3.73. The lowest BCUT2D eigenvalue weighted by molar-refractivity contribution is -0.0131. The van der Waals surface area contributed by atoms with Crippen LogP contribution in [-0.4, -0.2) is 49.8 Å². The van der Waals surface area contributed by atoms with Crippen LogP contribution in [0.5, 0.6) is 0 Å². The van der Waals surface area contributed by atoms with E-state index in [2.05, 4.69) is 37.9 Å². The molecule has 0 bridgehead atoms. The monoisotopic (exact) mass is 268 g/mol. The van der Waals surface area contributed by atoms with Gasteiger partial charge in [0.25, 0.3) is 0 Å². The minimum Gasteiger partial charge on any atom is -0.381 e. The zero-order valence-corrected chi connectivity index (χ0v) is 13.2. The first-order chi connectivity index (χ1) is 9.04. The summed E-state index contributed by atoms with van der Waals surface area (Å²) in [4.78, 5) is 2.76. The fourth-order valence-electron chi connectivity index (χ4n) is 3.44. The van der Waals surface area contributed by atoms with E-state index >= 15 is 0 Å². The molecule has 0 aromatic rings. The summed E-state index contributed by atoms with van der Waals surface area (Å²) in [5.74, 6) is 0.725. The fraction of sp³-hybridized carbons (Fsp3) is 1.00. The predicted octanol–water partition coefficient (Wildman–Crippen LogP) is 2.51. The number of hydrogen-bond acceptors (Lipinski definition) is 3. The van der Waals surface area contributed by atoms with Crippen LogP contribution in [0.2, 0.25) is 0 Å². The molecule has 0 amide bonds. The van der Waals surface area contributed by atoms with E-state index < -0.39 is 0 Å². The van der Waals surface area contributed by atoms with E-state index in [-0.39, 0.29) is 0 Å². The normalized spacial score (nSPS) is 32.7. The van der Waals surface area contributed by atoms with Crippen molar-refractivity contribution < 1.29 is 4.74 Å². The summed E-state index contributed by atoms with van der Waals surface area (Å²) in [6.45, 7) is 15.0. The molecule has 19 heavy (non-hydrogen) atoms. The predicted molar refractivity (Wildman–Crippen MR) is 80.4 cm³/mol. The van der Waals surface area contributed by atoms with Gasteiger partial charge in [-0.15, -0.1) is 0 Å². The highest BCUT2D eigenvalue weighted by molar-refractivity contribution is 4.91. The van der Waals surface area contributed by atoms with Gasteiger partial charge in [0.2, 0.25) is 0 Å². The SMILES string of the molecule is CCC1CNC(C(C)C)CN1CC1(C)CCOCC1. The van der Waals surface area contributed by atoms with Gasteiger partial charge in [-0.25, -0.2) is 0 Å². The lowest BCUT2D eigenvalue weighted by Crippen LogP contribution is -2.59. The number of nitrogens with one attached hydrogen (secondary N) is 1. The minimum atomic E-state index is 0.463. The van der Waals surface area contributed by atoms with Gasteiger partial charge in [-0.05, 0) is 30.6 Å². The first-order valence-electron chi connectivity index (χ1n) is 8.09. The van der Waals surface area contributed by atoms with Crippen molar-refractivity contribution in [3.63, 3.8) is 0 Å². The Labute approximate surface area is 119 Å². The van der Waals surface area contributed by atoms with Crippen LogP contribution in [0.3, 0.4) is 0 Å². The van der Waals surface area contributed by atoms with Gasteiger partial charge in [0.1, 0.15) is 0 Å². The molecule has 1 N–H and O–H groups in total. The summed E-state index contributed by atoms with van der Waals surface area (Å²) in [5.41, 5.74) is 0.463. The Hall–Kier alpha value is -0.120. The quantitative estimate of drug-likeness (QED) is 0.848. The molecular formula is C16H32N2O. The Morgan fingerprint density at radius 2 is 2.00 bits per heavy atom. The molecule has 0 radical (unpaired) electrons. The van der Waals surface area contributed by atoms with Crippen molar-refractivity contribution in [3.05, 3.63) is 0 Å². The Balaban J connectivity index is 1.97. The Morgan fingerprint density at radius 3 is 2.58 bits per heavy atom. The van der Waals surface area contributed by atoms with Gasteiger partial charge < -0.3 is 10.1 Å². The van der Waals surface area contributed by atoms with Crippen molar-refractivity contribution in [2.24, 2.45) is 11.3 Å². The maximum absolute atomic E-state index is 5.54. The van der Waals surface area contributed by atoms with Crippen LogP contribution in [-0.2, 0) is 4.74 Å². The maximum Gasteiger partial charge on any atom is 0.0471 e. The van der Waals surface area contributed by atoms with Crippen LogP contribution in [0.15, 0.2) is 0 Å². The molecule has 0 aliphatic carbocycles. The van der Waals surface area contributed by atoms with Crippen molar-refractivity contribution in [2.45, 2.75) is 59.0 Å². The maximum atomic E-state index is 5.54. The van der Waals surface area contributed by atoms with Crippen LogP contribution < -0.4 is 5.32 Å². The van der Waals surface area contributed by atoms with E-state index in [9.17, 15) is 0 Å². The van der Waals surface area contributed by atoms with E-state index in [4.69, 9.17) is 4.74 Å².